The quantitative estimate of drug-likeness (QED) is 0.488. The normalized spacial score (nSPS) is 16.0. The smallest absolute Gasteiger partial charge is 0.193 e. The minimum Gasteiger partial charge on any atom is -0.497 e. The standard InChI is InChI=1S/C24H20N2O2S/c1-28-19-14-12-17(13-15-19)22-20(23(27)18-10-6-3-7-11-18)21(25-24(29)26-22)16-8-4-2-5-9-16/h2-15,22H,1H3,(H2,25,26,29)/t22-/m0/s1. The van der Waals surface area contributed by atoms with E-state index in [9.17, 15) is 4.79 Å². The van der Waals surface area contributed by atoms with Gasteiger partial charge in [0.2, 0.25) is 0 Å². The van der Waals surface area contributed by atoms with Crippen molar-refractivity contribution >= 4 is 28.8 Å². The monoisotopic (exact) mass is 400 g/mol. The lowest BCUT2D eigenvalue weighted by Crippen LogP contribution is -2.44. The summed E-state index contributed by atoms with van der Waals surface area (Å²) in [5.41, 5.74) is 3.83. The Morgan fingerprint density at radius 2 is 1.52 bits per heavy atom. The molecule has 1 heterocycles. The third-order valence-corrected chi connectivity index (χ3v) is 5.08. The molecule has 2 N–H and O–H groups in total. The van der Waals surface area contributed by atoms with Crippen LogP contribution in [0.5, 0.6) is 5.75 Å². The topological polar surface area (TPSA) is 50.4 Å². The third kappa shape index (κ3) is 3.91. The van der Waals surface area contributed by atoms with E-state index in [1.807, 2.05) is 84.9 Å². The van der Waals surface area contributed by atoms with Crippen LogP contribution in [0, 0.1) is 0 Å². The van der Waals surface area contributed by atoms with Gasteiger partial charge in [0, 0.05) is 5.56 Å². The molecule has 0 radical (unpaired) electrons. The van der Waals surface area contributed by atoms with Gasteiger partial charge in [0.05, 0.1) is 24.4 Å². The van der Waals surface area contributed by atoms with Gasteiger partial charge < -0.3 is 15.4 Å². The van der Waals surface area contributed by atoms with Crippen molar-refractivity contribution in [2.45, 2.75) is 6.04 Å². The Morgan fingerprint density at radius 3 is 2.14 bits per heavy atom. The maximum absolute atomic E-state index is 13.6. The molecule has 3 aromatic rings. The molecule has 0 aromatic heterocycles. The van der Waals surface area contributed by atoms with Gasteiger partial charge >= 0.3 is 0 Å². The van der Waals surface area contributed by atoms with Crippen molar-refractivity contribution in [1.82, 2.24) is 10.6 Å². The summed E-state index contributed by atoms with van der Waals surface area (Å²) in [7, 11) is 1.63. The molecule has 0 amide bonds. The highest BCUT2D eigenvalue weighted by atomic mass is 32.1. The number of nitrogens with one attached hydrogen (secondary N) is 2. The van der Waals surface area contributed by atoms with Crippen molar-refractivity contribution in [3.8, 4) is 5.75 Å². The van der Waals surface area contributed by atoms with Crippen molar-refractivity contribution in [3.63, 3.8) is 0 Å². The van der Waals surface area contributed by atoms with Gasteiger partial charge in [-0.15, -0.1) is 0 Å². The van der Waals surface area contributed by atoms with Gasteiger partial charge in [0.25, 0.3) is 0 Å². The number of carbonyl (C=O) groups is 1. The minimum absolute atomic E-state index is 0.0484. The van der Waals surface area contributed by atoms with E-state index < -0.39 is 0 Å². The van der Waals surface area contributed by atoms with Crippen LogP contribution >= 0.6 is 12.2 Å². The zero-order valence-corrected chi connectivity index (χ0v) is 16.7. The lowest BCUT2D eigenvalue weighted by atomic mass is 9.87. The first kappa shape index (κ1) is 18.9. The molecule has 4 nitrogen and oxygen atoms in total. The van der Waals surface area contributed by atoms with Crippen LogP contribution < -0.4 is 15.4 Å². The summed E-state index contributed by atoms with van der Waals surface area (Å²) in [5, 5.41) is 6.96. The van der Waals surface area contributed by atoms with E-state index in [1.54, 1.807) is 7.11 Å². The minimum atomic E-state index is -0.377. The van der Waals surface area contributed by atoms with Gasteiger partial charge in [-0.1, -0.05) is 72.8 Å². The summed E-state index contributed by atoms with van der Waals surface area (Å²) in [5.74, 6) is 0.709. The second-order valence-corrected chi connectivity index (χ2v) is 7.06. The van der Waals surface area contributed by atoms with Crippen LogP contribution in [0.3, 0.4) is 0 Å². The number of rotatable bonds is 5. The second kappa shape index (κ2) is 8.29. The van der Waals surface area contributed by atoms with Crippen LogP contribution in [0.15, 0.2) is 90.5 Å². The largest absolute Gasteiger partial charge is 0.497 e. The molecule has 4 rings (SSSR count). The third-order valence-electron chi connectivity index (χ3n) is 4.86. The first-order chi connectivity index (χ1) is 14.2. The summed E-state index contributed by atoms with van der Waals surface area (Å²) >= 11 is 5.47. The van der Waals surface area contributed by atoms with Crippen LogP contribution in [-0.4, -0.2) is 18.0 Å². The summed E-state index contributed by atoms with van der Waals surface area (Å²) in [6, 6.07) is 26.4. The Morgan fingerprint density at radius 1 is 0.897 bits per heavy atom. The Bertz CT molecular complexity index is 1060. The maximum Gasteiger partial charge on any atom is 0.193 e. The molecule has 144 valence electrons. The molecule has 3 aromatic carbocycles. The Hall–Kier alpha value is -3.44. The molecule has 0 saturated carbocycles. The van der Waals surface area contributed by atoms with Crippen LogP contribution in [0.2, 0.25) is 0 Å². The van der Waals surface area contributed by atoms with E-state index in [4.69, 9.17) is 17.0 Å². The highest BCUT2D eigenvalue weighted by Gasteiger charge is 2.32. The number of Topliss-reactive ketones (excluding diaryl/α,β-unsaturated/α-hetero) is 1. The van der Waals surface area contributed by atoms with E-state index in [1.165, 1.54) is 0 Å². The number of benzene rings is 3. The van der Waals surface area contributed by atoms with Crippen LogP contribution in [-0.2, 0) is 0 Å². The fourth-order valence-corrected chi connectivity index (χ4v) is 3.65. The van der Waals surface area contributed by atoms with Crippen molar-refractivity contribution in [2.75, 3.05) is 7.11 Å². The fraction of sp³-hybridized carbons (Fsp3) is 0.0833. The highest BCUT2D eigenvalue weighted by molar-refractivity contribution is 7.80. The number of ketones is 1. The van der Waals surface area contributed by atoms with Gasteiger partial charge in [0.1, 0.15) is 5.75 Å². The fourth-order valence-electron chi connectivity index (χ4n) is 3.43. The highest BCUT2D eigenvalue weighted by Crippen LogP contribution is 2.34. The van der Waals surface area contributed by atoms with Gasteiger partial charge in [-0.3, -0.25) is 4.79 Å². The molecule has 0 fully saturated rings. The Labute approximate surface area is 175 Å². The molecule has 5 heteroatoms. The van der Waals surface area contributed by atoms with E-state index in [0.29, 0.717) is 16.2 Å². The van der Waals surface area contributed by atoms with Gasteiger partial charge in [0.15, 0.2) is 10.9 Å². The molecule has 1 aliphatic rings. The Kier molecular flexibility index (Phi) is 5.40. The van der Waals surface area contributed by atoms with E-state index in [2.05, 4.69) is 10.6 Å². The number of hydrogen-bond acceptors (Lipinski definition) is 3. The first-order valence-corrected chi connectivity index (χ1v) is 9.69. The molecule has 1 aliphatic heterocycles. The van der Waals surface area contributed by atoms with E-state index >= 15 is 0 Å². The molecule has 29 heavy (non-hydrogen) atoms. The predicted octanol–water partition coefficient (Wildman–Crippen LogP) is 4.51. The lowest BCUT2D eigenvalue weighted by Gasteiger charge is -2.32. The summed E-state index contributed by atoms with van der Waals surface area (Å²) in [6.45, 7) is 0. The predicted molar refractivity (Wildman–Crippen MR) is 119 cm³/mol. The second-order valence-electron chi connectivity index (χ2n) is 6.65. The number of ether oxygens (including phenoxy) is 1. The summed E-state index contributed by atoms with van der Waals surface area (Å²) in [6.07, 6.45) is 0. The van der Waals surface area contributed by atoms with Crippen molar-refractivity contribution in [2.24, 2.45) is 0 Å². The first-order valence-electron chi connectivity index (χ1n) is 9.28. The maximum atomic E-state index is 13.6. The molecule has 0 saturated heterocycles. The average Bonchev–Trinajstić information content (AvgIpc) is 2.79. The molecule has 0 unspecified atom stereocenters. The average molecular weight is 401 g/mol. The zero-order valence-electron chi connectivity index (χ0n) is 15.9. The SMILES string of the molecule is COc1ccc([C@@H]2NC(=S)NC(c3ccccc3)=C2C(=O)c2ccccc2)cc1. The number of carbonyl (C=O) groups excluding carboxylic acids is 1. The van der Waals surface area contributed by atoms with Crippen molar-refractivity contribution in [3.05, 3.63) is 107 Å². The number of methoxy groups -OCH3 is 1. The van der Waals surface area contributed by atoms with Crippen molar-refractivity contribution < 1.29 is 9.53 Å². The molecular weight excluding hydrogens is 380 g/mol. The number of hydrogen-bond donors (Lipinski definition) is 2. The van der Waals surface area contributed by atoms with E-state index in [-0.39, 0.29) is 11.8 Å². The van der Waals surface area contributed by atoms with E-state index in [0.717, 1.165) is 22.6 Å². The molecule has 0 aliphatic carbocycles. The molecule has 0 spiro atoms. The summed E-state index contributed by atoms with van der Waals surface area (Å²) < 4.78 is 5.27. The summed E-state index contributed by atoms with van der Waals surface area (Å²) in [4.78, 5) is 13.6. The van der Waals surface area contributed by atoms with Crippen LogP contribution in [0.4, 0.5) is 0 Å². The molecular formula is C24H20N2O2S. The van der Waals surface area contributed by atoms with Gasteiger partial charge in [-0.25, -0.2) is 0 Å². The van der Waals surface area contributed by atoms with Crippen LogP contribution in [0.25, 0.3) is 5.70 Å². The number of thiocarbonyl (C=S) groups is 1. The van der Waals surface area contributed by atoms with Crippen LogP contribution in [0.1, 0.15) is 27.5 Å². The molecule has 1 atom stereocenters. The van der Waals surface area contributed by atoms with Gasteiger partial charge in [-0.2, -0.15) is 0 Å². The van der Waals surface area contributed by atoms with Crippen molar-refractivity contribution in [1.29, 1.82) is 0 Å². The lowest BCUT2D eigenvalue weighted by molar-refractivity contribution is 0.102. The Balaban J connectivity index is 1.90. The van der Waals surface area contributed by atoms with Gasteiger partial charge in [-0.05, 0) is 35.5 Å². The molecule has 0 bridgehead atoms. The zero-order chi connectivity index (χ0) is 20.2.